The van der Waals surface area contributed by atoms with Crippen molar-refractivity contribution >= 4 is 0 Å². The maximum Gasteiger partial charge on any atom is 0.129 e. The van der Waals surface area contributed by atoms with Gasteiger partial charge < -0.3 is 5.32 Å². The zero-order valence-corrected chi connectivity index (χ0v) is 10.8. The van der Waals surface area contributed by atoms with Gasteiger partial charge >= 0.3 is 0 Å². The van der Waals surface area contributed by atoms with Crippen LogP contribution >= 0.6 is 0 Å². The summed E-state index contributed by atoms with van der Waals surface area (Å²) in [4.78, 5) is 0. The highest BCUT2D eigenvalue weighted by Crippen LogP contribution is 2.17. The maximum absolute atomic E-state index is 13.5. The van der Waals surface area contributed by atoms with Gasteiger partial charge in [-0.1, -0.05) is 26.3 Å². The molecule has 0 saturated heterocycles. The highest BCUT2D eigenvalue weighted by molar-refractivity contribution is 5.19. The molecule has 0 aliphatic rings. The van der Waals surface area contributed by atoms with Gasteiger partial charge in [-0.25, -0.2) is 8.78 Å². The highest BCUT2D eigenvalue weighted by Gasteiger charge is 2.17. The van der Waals surface area contributed by atoms with Crippen molar-refractivity contribution < 1.29 is 8.78 Å². The third-order valence-electron chi connectivity index (χ3n) is 3.26. The molecule has 2 unspecified atom stereocenters. The monoisotopic (exact) mass is 241 g/mol. The fourth-order valence-corrected chi connectivity index (χ4v) is 2.17. The summed E-state index contributed by atoms with van der Waals surface area (Å²) in [6, 6.07) is 4.03. The van der Waals surface area contributed by atoms with E-state index in [2.05, 4.69) is 19.2 Å². The zero-order valence-electron chi connectivity index (χ0n) is 10.8. The Morgan fingerprint density at radius 1 is 1.29 bits per heavy atom. The molecule has 0 saturated carbocycles. The van der Waals surface area contributed by atoms with E-state index in [0.717, 1.165) is 18.9 Å². The Morgan fingerprint density at radius 3 is 2.53 bits per heavy atom. The summed E-state index contributed by atoms with van der Waals surface area (Å²) in [6.45, 7) is 4.30. The van der Waals surface area contributed by atoms with E-state index in [-0.39, 0.29) is 6.04 Å². The first-order valence-electron chi connectivity index (χ1n) is 6.19. The van der Waals surface area contributed by atoms with Crippen molar-refractivity contribution in [2.24, 2.45) is 5.92 Å². The van der Waals surface area contributed by atoms with Gasteiger partial charge in [0.05, 0.1) is 0 Å². The van der Waals surface area contributed by atoms with Crippen LogP contribution in [0, 0.1) is 17.6 Å². The van der Waals surface area contributed by atoms with Gasteiger partial charge in [0.1, 0.15) is 11.6 Å². The smallest absolute Gasteiger partial charge is 0.129 e. The van der Waals surface area contributed by atoms with E-state index in [1.165, 1.54) is 12.1 Å². The molecule has 0 aromatic heterocycles. The topological polar surface area (TPSA) is 12.0 Å². The molecule has 1 N–H and O–H groups in total. The predicted octanol–water partition coefficient (Wildman–Crippen LogP) is 3.53. The average molecular weight is 241 g/mol. The number of nitrogens with one attached hydrogen (secondary N) is 1. The number of hydrogen-bond acceptors (Lipinski definition) is 1. The molecule has 0 radical (unpaired) electrons. The van der Waals surface area contributed by atoms with Crippen LogP contribution in [0.25, 0.3) is 0 Å². The van der Waals surface area contributed by atoms with E-state index in [1.807, 2.05) is 7.05 Å². The minimum Gasteiger partial charge on any atom is -0.316 e. The molecular weight excluding hydrogens is 220 g/mol. The van der Waals surface area contributed by atoms with Crippen LogP contribution in [0.15, 0.2) is 18.2 Å². The lowest BCUT2D eigenvalue weighted by molar-refractivity contribution is 0.368. The van der Waals surface area contributed by atoms with Crippen molar-refractivity contribution in [2.75, 3.05) is 7.05 Å². The molecule has 0 amide bonds. The second kappa shape index (κ2) is 6.70. The number of rotatable bonds is 6. The first-order chi connectivity index (χ1) is 8.08. The van der Waals surface area contributed by atoms with Gasteiger partial charge in [0.2, 0.25) is 0 Å². The van der Waals surface area contributed by atoms with Crippen LogP contribution in [-0.2, 0) is 6.42 Å². The van der Waals surface area contributed by atoms with E-state index in [9.17, 15) is 8.78 Å². The summed E-state index contributed by atoms with van der Waals surface area (Å²) in [6.07, 6.45) is 2.82. The third kappa shape index (κ3) is 4.08. The normalized spacial score (nSPS) is 14.6. The summed E-state index contributed by atoms with van der Waals surface area (Å²) in [7, 11) is 1.89. The molecule has 0 aliphatic carbocycles. The molecule has 17 heavy (non-hydrogen) atoms. The first kappa shape index (κ1) is 14.1. The maximum atomic E-state index is 13.5. The van der Waals surface area contributed by atoms with Crippen LogP contribution < -0.4 is 5.32 Å². The van der Waals surface area contributed by atoms with Crippen molar-refractivity contribution in [3.8, 4) is 0 Å². The Morgan fingerprint density at radius 2 is 2.00 bits per heavy atom. The van der Waals surface area contributed by atoms with Gasteiger partial charge in [0.25, 0.3) is 0 Å². The summed E-state index contributed by atoms with van der Waals surface area (Å²) < 4.78 is 26.3. The number of likely N-dealkylation sites (N-methyl/N-ethyl adjacent to an activating group) is 1. The van der Waals surface area contributed by atoms with Gasteiger partial charge in [0, 0.05) is 12.1 Å². The van der Waals surface area contributed by atoms with Gasteiger partial charge in [-0.2, -0.15) is 0 Å². The quantitative estimate of drug-likeness (QED) is 0.803. The Kier molecular flexibility index (Phi) is 5.56. The van der Waals surface area contributed by atoms with E-state index < -0.39 is 11.6 Å². The molecule has 0 heterocycles. The SMILES string of the molecule is CCCC(C)C(Cc1ccc(F)cc1F)NC. The van der Waals surface area contributed by atoms with E-state index in [4.69, 9.17) is 0 Å². The van der Waals surface area contributed by atoms with E-state index in [1.54, 1.807) is 0 Å². The minimum atomic E-state index is -0.520. The number of hydrogen-bond donors (Lipinski definition) is 1. The summed E-state index contributed by atoms with van der Waals surface area (Å²) in [5.41, 5.74) is 0.578. The second-order valence-electron chi connectivity index (χ2n) is 4.60. The van der Waals surface area contributed by atoms with Crippen LogP contribution in [0.3, 0.4) is 0 Å². The molecular formula is C14H21F2N. The minimum absolute atomic E-state index is 0.231. The number of benzene rings is 1. The van der Waals surface area contributed by atoms with Gasteiger partial charge in [0.15, 0.2) is 0 Å². The summed E-state index contributed by atoms with van der Waals surface area (Å²) in [5.74, 6) is -0.489. The lowest BCUT2D eigenvalue weighted by Crippen LogP contribution is -2.34. The van der Waals surface area contributed by atoms with Gasteiger partial charge in [-0.3, -0.25) is 0 Å². The lowest BCUT2D eigenvalue weighted by atomic mass is 9.91. The molecule has 3 heteroatoms. The molecule has 96 valence electrons. The van der Waals surface area contributed by atoms with Crippen molar-refractivity contribution in [1.82, 2.24) is 5.32 Å². The fraction of sp³-hybridized carbons (Fsp3) is 0.571. The number of halogens is 2. The molecule has 0 bridgehead atoms. The van der Waals surface area contributed by atoms with Crippen molar-refractivity contribution in [3.05, 3.63) is 35.4 Å². The van der Waals surface area contributed by atoms with Gasteiger partial charge in [-0.15, -0.1) is 0 Å². The van der Waals surface area contributed by atoms with Crippen molar-refractivity contribution in [2.45, 2.75) is 39.2 Å². The van der Waals surface area contributed by atoms with Crippen molar-refractivity contribution in [3.63, 3.8) is 0 Å². The molecule has 1 rings (SSSR count). The Bertz CT molecular complexity index is 352. The zero-order chi connectivity index (χ0) is 12.8. The fourth-order valence-electron chi connectivity index (χ4n) is 2.17. The molecule has 0 aliphatic heterocycles. The molecule has 0 spiro atoms. The summed E-state index contributed by atoms with van der Waals surface area (Å²) in [5, 5.41) is 3.22. The Labute approximate surface area is 102 Å². The molecule has 2 atom stereocenters. The van der Waals surface area contributed by atoms with Crippen LogP contribution in [0.1, 0.15) is 32.3 Å². The molecule has 0 fully saturated rings. The molecule has 1 nitrogen and oxygen atoms in total. The highest BCUT2D eigenvalue weighted by atomic mass is 19.1. The standard InChI is InChI=1S/C14H21F2N/c1-4-5-10(2)14(17-3)8-11-6-7-12(15)9-13(11)16/h6-7,9-10,14,17H,4-5,8H2,1-3H3. The summed E-state index contributed by atoms with van der Waals surface area (Å²) >= 11 is 0. The average Bonchev–Trinajstić information content (AvgIpc) is 2.28. The predicted molar refractivity (Wildman–Crippen MR) is 67.0 cm³/mol. The Hall–Kier alpha value is -0.960. The van der Waals surface area contributed by atoms with Crippen LogP contribution in [0.4, 0.5) is 8.78 Å². The lowest BCUT2D eigenvalue weighted by Gasteiger charge is -2.23. The Balaban J connectivity index is 2.73. The van der Waals surface area contributed by atoms with E-state index in [0.29, 0.717) is 17.9 Å². The third-order valence-corrected chi connectivity index (χ3v) is 3.26. The second-order valence-corrected chi connectivity index (χ2v) is 4.60. The van der Waals surface area contributed by atoms with Crippen LogP contribution in [0.2, 0.25) is 0 Å². The largest absolute Gasteiger partial charge is 0.316 e. The first-order valence-corrected chi connectivity index (χ1v) is 6.19. The van der Waals surface area contributed by atoms with Crippen LogP contribution in [-0.4, -0.2) is 13.1 Å². The van der Waals surface area contributed by atoms with Crippen molar-refractivity contribution in [1.29, 1.82) is 0 Å². The van der Waals surface area contributed by atoms with E-state index >= 15 is 0 Å². The molecule has 1 aromatic carbocycles. The van der Waals surface area contributed by atoms with Crippen LogP contribution in [0.5, 0.6) is 0 Å². The van der Waals surface area contributed by atoms with Gasteiger partial charge in [-0.05, 0) is 37.4 Å². The molecule has 1 aromatic rings.